The molecule has 0 spiro atoms. The standard InChI is InChI=1S/C27H30N6O3/c1-3-4-11-24-28-27(36)21(10-7-12-25(34)35)18(2)33(24)17-19-13-15-20(16-14-19)22-8-5-6-9-23(22)26-29-31-32-30-26/h5-6,8-9,13-16H,3-4,7,10-12,17H2,1-2H3,(H,34,35)(H,29,30,31,32). The second kappa shape index (κ2) is 11.5. The van der Waals surface area contributed by atoms with Gasteiger partial charge in [0.2, 0.25) is 0 Å². The number of aromatic amines is 1. The molecule has 0 aliphatic carbocycles. The minimum atomic E-state index is -0.859. The molecule has 0 aliphatic heterocycles. The molecule has 0 saturated heterocycles. The highest BCUT2D eigenvalue weighted by molar-refractivity contribution is 5.80. The normalized spacial score (nSPS) is 11.1. The maximum absolute atomic E-state index is 12.7. The molecule has 9 heteroatoms. The molecule has 0 aliphatic rings. The zero-order chi connectivity index (χ0) is 25.5. The molecule has 2 heterocycles. The zero-order valence-electron chi connectivity index (χ0n) is 20.6. The number of carboxylic acids is 1. The Bertz CT molecular complexity index is 1380. The molecule has 0 fully saturated rings. The lowest BCUT2D eigenvalue weighted by molar-refractivity contribution is -0.137. The summed E-state index contributed by atoms with van der Waals surface area (Å²) < 4.78 is 2.11. The fraction of sp³-hybridized carbons (Fsp3) is 0.333. The first-order valence-electron chi connectivity index (χ1n) is 12.2. The number of carboxylic acid groups (broad SMARTS) is 1. The van der Waals surface area contributed by atoms with Crippen LogP contribution in [0.1, 0.15) is 55.3 Å². The van der Waals surface area contributed by atoms with Crippen LogP contribution in [0.3, 0.4) is 0 Å². The van der Waals surface area contributed by atoms with Gasteiger partial charge in [0.15, 0.2) is 5.82 Å². The summed E-state index contributed by atoms with van der Waals surface area (Å²) in [4.78, 5) is 28.1. The van der Waals surface area contributed by atoms with Crippen molar-refractivity contribution in [3.05, 3.63) is 81.5 Å². The van der Waals surface area contributed by atoms with Crippen LogP contribution in [0, 0.1) is 6.92 Å². The van der Waals surface area contributed by atoms with Crippen molar-refractivity contribution in [2.75, 3.05) is 0 Å². The van der Waals surface area contributed by atoms with E-state index in [2.05, 4.69) is 61.4 Å². The van der Waals surface area contributed by atoms with Crippen LogP contribution in [0.5, 0.6) is 0 Å². The van der Waals surface area contributed by atoms with Crippen LogP contribution in [-0.2, 0) is 24.2 Å². The highest BCUT2D eigenvalue weighted by atomic mass is 16.4. The van der Waals surface area contributed by atoms with Crippen molar-refractivity contribution >= 4 is 5.97 Å². The van der Waals surface area contributed by atoms with Gasteiger partial charge in [0, 0.05) is 36.2 Å². The molecule has 186 valence electrons. The average Bonchev–Trinajstić information content (AvgIpc) is 3.42. The molecule has 0 atom stereocenters. The first-order chi connectivity index (χ1) is 17.5. The predicted molar refractivity (Wildman–Crippen MR) is 137 cm³/mol. The number of H-pyrrole nitrogens is 1. The van der Waals surface area contributed by atoms with Gasteiger partial charge in [-0.1, -0.05) is 61.9 Å². The molecule has 4 rings (SSSR count). The Labute approximate surface area is 209 Å². The molecule has 0 amide bonds. The summed E-state index contributed by atoms with van der Waals surface area (Å²) in [5.41, 5.74) is 5.29. The average molecular weight is 487 g/mol. The predicted octanol–water partition coefficient (Wildman–Crippen LogP) is 4.20. The Morgan fingerprint density at radius 1 is 1.03 bits per heavy atom. The van der Waals surface area contributed by atoms with Gasteiger partial charge in [0.05, 0.1) is 0 Å². The fourth-order valence-corrected chi connectivity index (χ4v) is 4.38. The molecular formula is C27H30N6O3. The number of aryl methyl sites for hydroxylation is 1. The highest BCUT2D eigenvalue weighted by Crippen LogP contribution is 2.30. The van der Waals surface area contributed by atoms with Crippen LogP contribution in [0.4, 0.5) is 0 Å². The number of nitrogens with one attached hydrogen (secondary N) is 1. The second-order valence-electron chi connectivity index (χ2n) is 8.83. The molecule has 0 unspecified atom stereocenters. The smallest absolute Gasteiger partial charge is 0.303 e. The molecule has 36 heavy (non-hydrogen) atoms. The van der Waals surface area contributed by atoms with Crippen molar-refractivity contribution in [1.29, 1.82) is 0 Å². The summed E-state index contributed by atoms with van der Waals surface area (Å²) in [5.74, 6) is 0.524. The molecule has 9 nitrogen and oxygen atoms in total. The Morgan fingerprint density at radius 2 is 1.78 bits per heavy atom. The first-order valence-corrected chi connectivity index (χ1v) is 12.2. The lowest BCUT2D eigenvalue weighted by Crippen LogP contribution is -2.25. The van der Waals surface area contributed by atoms with E-state index < -0.39 is 5.97 Å². The van der Waals surface area contributed by atoms with E-state index in [0.29, 0.717) is 30.8 Å². The number of carbonyl (C=O) groups is 1. The second-order valence-corrected chi connectivity index (χ2v) is 8.83. The van der Waals surface area contributed by atoms with Crippen molar-refractivity contribution in [3.63, 3.8) is 0 Å². The van der Waals surface area contributed by atoms with Gasteiger partial charge < -0.3 is 9.67 Å². The molecular weight excluding hydrogens is 456 g/mol. The van der Waals surface area contributed by atoms with E-state index in [-0.39, 0.29) is 12.0 Å². The number of aromatic nitrogens is 6. The van der Waals surface area contributed by atoms with Gasteiger partial charge in [-0.25, -0.2) is 5.10 Å². The number of nitrogens with zero attached hydrogens (tertiary/aromatic N) is 5. The van der Waals surface area contributed by atoms with E-state index in [0.717, 1.165) is 53.0 Å². The quantitative estimate of drug-likeness (QED) is 0.325. The van der Waals surface area contributed by atoms with Gasteiger partial charge in [-0.3, -0.25) is 9.59 Å². The summed E-state index contributed by atoms with van der Waals surface area (Å²) in [6.45, 7) is 4.63. The molecule has 4 aromatic rings. The lowest BCUT2D eigenvalue weighted by Gasteiger charge is -2.19. The SMILES string of the molecule is CCCCc1nc(=O)c(CCCC(=O)O)c(C)n1Cc1ccc(-c2ccccc2-c2nnn[nH]2)cc1. The van der Waals surface area contributed by atoms with Gasteiger partial charge in [-0.2, -0.15) is 4.98 Å². The van der Waals surface area contributed by atoms with Crippen LogP contribution in [0.15, 0.2) is 53.3 Å². The molecule has 2 aromatic heterocycles. The number of benzene rings is 2. The van der Waals surface area contributed by atoms with E-state index >= 15 is 0 Å². The van der Waals surface area contributed by atoms with E-state index in [1.165, 1.54) is 0 Å². The third-order valence-electron chi connectivity index (χ3n) is 6.35. The Balaban J connectivity index is 1.64. The molecule has 2 aromatic carbocycles. The molecule has 0 saturated carbocycles. The summed E-state index contributed by atoms with van der Waals surface area (Å²) >= 11 is 0. The number of aliphatic carboxylic acids is 1. The van der Waals surface area contributed by atoms with Crippen LogP contribution < -0.4 is 5.56 Å². The molecule has 0 radical (unpaired) electrons. The van der Waals surface area contributed by atoms with Crippen molar-refractivity contribution in [2.24, 2.45) is 0 Å². The maximum Gasteiger partial charge on any atom is 0.303 e. The van der Waals surface area contributed by atoms with Gasteiger partial charge in [0.1, 0.15) is 5.82 Å². The van der Waals surface area contributed by atoms with Crippen molar-refractivity contribution in [3.8, 4) is 22.5 Å². The van der Waals surface area contributed by atoms with Crippen molar-refractivity contribution in [1.82, 2.24) is 30.2 Å². The maximum atomic E-state index is 12.7. The largest absolute Gasteiger partial charge is 0.481 e. The topological polar surface area (TPSA) is 127 Å². The van der Waals surface area contributed by atoms with E-state index in [1.54, 1.807) is 0 Å². The number of rotatable bonds is 11. The Hall–Kier alpha value is -4.14. The number of hydrogen-bond acceptors (Lipinski definition) is 6. The van der Waals surface area contributed by atoms with Crippen LogP contribution in [-0.4, -0.2) is 41.3 Å². The van der Waals surface area contributed by atoms with Crippen molar-refractivity contribution < 1.29 is 9.90 Å². The third kappa shape index (κ3) is 5.73. The van der Waals surface area contributed by atoms with Crippen LogP contribution in [0.25, 0.3) is 22.5 Å². The minimum absolute atomic E-state index is 0.0313. The summed E-state index contributed by atoms with van der Waals surface area (Å²) in [6, 6.07) is 16.3. The molecule has 0 bridgehead atoms. The van der Waals surface area contributed by atoms with E-state index in [9.17, 15) is 9.59 Å². The number of hydrogen-bond donors (Lipinski definition) is 2. The minimum Gasteiger partial charge on any atom is -0.481 e. The zero-order valence-corrected chi connectivity index (χ0v) is 20.6. The summed E-state index contributed by atoms with van der Waals surface area (Å²) in [5, 5.41) is 23.2. The third-order valence-corrected chi connectivity index (χ3v) is 6.35. The Morgan fingerprint density at radius 3 is 2.44 bits per heavy atom. The van der Waals surface area contributed by atoms with Gasteiger partial charge in [-0.15, -0.1) is 5.10 Å². The molecule has 2 N–H and O–H groups in total. The number of tetrazole rings is 1. The first kappa shape index (κ1) is 25.0. The van der Waals surface area contributed by atoms with Crippen LogP contribution in [0.2, 0.25) is 0 Å². The van der Waals surface area contributed by atoms with Crippen molar-refractivity contribution in [2.45, 2.75) is 58.9 Å². The van der Waals surface area contributed by atoms with Gasteiger partial charge in [-0.05, 0) is 53.3 Å². The lowest BCUT2D eigenvalue weighted by atomic mass is 9.98. The summed E-state index contributed by atoms with van der Waals surface area (Å²) in [6.07, 6.45) is 3.52. The van der Waals surface area contributed by atoms with Gasteiger partial charge >= 0.3 is 5.97 Å². The van der Waals surface area contributed by atoms with E-state index in [1.807, 2.05) is 31.2 Å². The van der Waals surface area contributed by atoms with E-state index in [4.69, 9.17) is 5.11 Å². The fourth-order valence-electron chi connectivity index (χ4n) is 4.38. The van der Waals surface area contributed by atoms with Gasteiger partial charge in [0.25, 0.3) is 5.56 Å². The monoisotopic (exact) mass is 486 g/mol. The highest BCUT2D eigenvalue weighted by Gasteiger charge is 2.15. The van der Waals surface area contributed by atoms with Crippen LogP contribution >= 0.6 is 0 Å². The summed E-state index contributed by atoms with van der Waals surface area (Å²) in [7, 11) is 0. The number of unbranched alkanes of at least 4 members (excludes halogenated alkanes) is 1. The Kier molecular flexibility index (Phi) is 7.99.